The van der Waals surface area contributed by atoms with Crippen molar-refractivity contribution in [1.29, 1.82) is 0 Å². The Morgan fingerprint density at radius 1 is 1.67 bits per heavy atom. The molecule has 0 aliphatic carbocycles. The van der Waals surface area contributed by atoms with Gasteiger partial charge in [-0.3, -0.25) is 4.79 Å². The van der Waals surface area contributed by atoms with E-state index < -0.39 is 0 Å². The first-order valence-corrected chi connectivity index (χ1v) is 4.04. The molecule has 4 heteroatoms. The Balaban J connectivity index is 2.21. The molecule has 2 rings (SSSR count). The summed E-state index contributed by atoms with van der Waals surface area (Å²) in [6, 6.07) is 1.87. The lowest BCUT2D eigenvalue weighted by Gasteiger charge is -2.19. The van der Waals surface area contributed by atoms with Gasteiger partial charge in [-0.1, -0.05) is 0 Å². The molecular formula is C8H11N3O. The monoisotopic (exact) mass is 165 g/mol. The van der Waals surface area contributed by atoms with E-state index in [9.17, 15) is 4.79 Å². The van der Waals surface area contributed by atoms with Crippen molar-refractivity contribution in [2.24, 2.45) is 0 Å². The molecule has 0 saturated carbocycles. The highest BCUT2D eigenvalue weighted by molar-refractivity contribution is 5.77. The Bertz CT molecular complexity index is 281. The number of hydrogen-bond donors (Lipinski definition) is 0. The number of likely N-dealkylation sites (tertiary alicyclic amines) is 1. The van der Waals surface area contributed by atoms with Gasteiger partial charge >= 0.3 is 0 Å². The summed E-state index contributed by atoms with van der Waals surface area (Å²) in [5.74, 6) is 0.204. The minimum absolute atomic E-state index is 0.132. The second-order valence-electron chi connectivity index (χ2n) is 3.01. The van der Waals surface area contributed by atoms with Crippen LogP contribution in [0.4, 0.5) is 0 Å². The van der Waals surface area contributed by atoms with E-state index in [1.54, 1.807) is 11.1 Å². The number of rotatable bonds is 1. The predicted octanol–water partition coefficient (Wildman–Crippen LogP) is 0.634. The minimum Gasteiger partial charge on any atom is -0.324 e. The fourth-order valence-electron chi connectivity index (χ4n) is 1.56. The molecule has 1 amide bonds. The van der Waals surface area contributed by atoms with Crippen LogP contribution in [0.15, 0.2) is 18.5 Å². The van der Waals surface area contributed by atoms with Crippen LogP contribution in [0.1, 0.15) is 19.0 Å². The molecule has 0 bridgehead atoms. The van der Waals surface area contributed by atoms with Crippen LogP contribution in [0.2, 0.25) is 0 Å². The van der Waals surface area contributed by atoms with Crippen molar-refractivity contribution in [3.8, 4) is 0 Å². The highest BCUT2D eigenvalue weighted by Crippen LogP contribution is 2.24. The number of carbonyl (C=O) groups excluding carboxylic acids is 1. The molecule has 64 valence electrons. The van der Waals surface area contributed by atoms with Gasteiger partial charge in [0.2, 0.25) is 5.91 Å². The van der Waals surface area contributed by atoms with Crippen LogP contribution in [0.3, 0.4) is 0 Å². The van der Waals surface area contributed by atoms with Crippen molar-refractivity contribution in [2.75, 3.05) is 7.05 Å². The maximum absolute atomic E-state index is 11.2. The lowest BCUT2D eigenvalue weighted by atomic mass is 10.3. The molecule has 1 fully saturated rings. The molecule has 1 atom stereocenters. The zero-order valence-electron chi connectivity index (χ0n) is 6.97. The van der Waals surface area contributed by atoms with Gasteiger partial charge in [0.05, 0.1) is 0 Å². The molecule has 2 heterocycles. The van der Waals surface area contributed by atoms with Gasteiger partial charge in [-0.25, -0.2) is 4.68 Å². The molecule has 0 radical (unpaired) electrons. The molecule has 1 unspecified atom stereocenters. The molecule has 1 aliphatic heterocycles. The molecule has 1 aromatic rings. The number of aromatic nitrogens is 2. The summed E-state index contributed by atoms with van der Waals surface area (Å²) in [6.07, 6.45) is 5.27. The average molecular weight is 165 g/mol. The van der Waals surface area contributed by atoms with Crippen molar-refractivity contribution >= 4 is 5.91 Å². The van der Waals surface area contributed by atoms with Gasteiger partial charge in [0.15, 0.2) is 0 Å². The molecule has 0 N–H and O–H groups in total. The van der Waals surface area contributed by atoms with Gasteiger partial charge < -0.3 is 4.90 Å². The van der Waals surface area contributed by atoms with Gasteiger partial charge in [0, 0.05) is 25.9 Å². The molecule has 0 aromatic carbocycles. The average Bonchev–Trinajstić information content (AvgIpc) is 2.64. The van der Waals surface area contributed by atoms with E-state index in [2.05, 4.69) is 5.10 Å². The first-order valence-electron chi connectivity index (χ1n) is 4.04. The third-order valence-electron chi connectivity index (χ3n) is 2.29. The van der Waals surface area contributed by atoms with E-state index in [1.807, 2.05) is 24.0 Å². The van der Waals surface area contributed by atoms with Crippen LogP contribution in [0, 0.1) is 0 Å². The van der Waals surface area contributed by atoms with Crippen molar-refractivity contribution in [2.45, 2.75) is 19.0 Å². The third kappa shape index (κ3) is 0.995. The normalized spacial score (nSPS) is 23.6. The number of carbonyl (C=O) groups is 1. The van der Waals surface area contributed by atoms with Gasteiger partial charge in [0.25, 0.3) is 0 Å². The number of hydrogen-bond acceptors (Lipinski definition) is 2. The fraction of sp³-hybridized carbons (Fsp3) is 0.500. The van der Waals surface area contributed by atoms with E-state index in [4.69, 9.17) is 0 Å². The Morgan fingerprint density at radius 3 is 3.00 bits per heavy atom. The zero-order chi connectivity index (χ0) is 8.55. The molecule has 4 nitrogen and oxygen atoms in total. The Hall–Kier alpha value is -1.32. The van der Waals surface area contributed by atoms with Gasteiger partial charge in [-0.15, -0.1) is 0 Å². The molecular weight excluding hydrogens is 154 g/mol. The summed E-state index contributed by atoms with van der Waals surface area (Å²) in [6.45, 7) is 0. The van der Waals surface area contributed by atoms with Crippen LogP contribution >= 0.6 is 0 Å². The lowest BCUT2D eigenvalue weighted by Crippen LogP contribution is -2.26. The standard InChI is InChI=1S/C8H11N3O/c1-10-7(3-4-8(10)12)11-6-2-5-9-11/h2,5-7H,3-4H2,1H3. The van der Waals surface area contributed by atoms with E-state index in [-0.39, 0.29) is 12.1 Å². The molecule has 12 heavy (non-hydrogen) atoms. The third-order valence-corrected chi connectivity index (χ3v) is 2.29. The Kier molecular flexibility index (Phi) is 1.60. The summed E-state index contributed by atoms with van der Waals surface area (Å²) in [7, 11) is 1.82. The molecule has 0 spiro atoms. The largest absolute Gasteiger partial charge is 0.324 e. The van der Waals surface area contributed by atoms with Gasteiger partial charge in [-0.05, 0) is 12.5 Å². The van der Waals surface area contributed by atoms with E-state index in [0.717, 1.165) is 6.42 Å². The Labute approximate surface area is 70.8 Å². The van der Waals surface area contributed by atoms with Gasteiger partial charge in [-0.2, -0.15) is 5.10 Å². The van der Waals surface area contributed by atoms with Crippen molar-refractivity contribution < 1.29 is 4.79 Å². The minimum atomic E-state index is 0.132. The second-order valence-corrected chi connectivity index (χ2v) is 3.01. The SMILES string of the molecule is CN1C(=O)CCC1n1cccn1. The van der Waals surface area contributed by atoms with Crippen molar-refractivity contribution in [3.05, 3.63) is 18.5 Å². The molecule has 1 aromatic heterocycles. The summed E-state index contributed by atoms with van der Waals surface area (Å²) in [4.78, 5) is 12.9. The summed E-state index contributed by atoms with van der Waals surface area (Å²) in [5, 5.41) is 4.11. The van der Waals surface area contributed by atoms with Crippen LogP contribution in [-0.2, 0) is 4.79 Å². The first-order chi connectivity index (χ1) is 5.79. The van der Waals surface area contributed by atoms with Crippen molar-refractivity contribution in [1.82, 2.24) is 14.7 Å². The summed E-state index contributed by atoms with van der Waals surface area (Å²) >= 11 is 0. The predicted molar refractivity (Wildman–Crippen MR) is 43.3 cm³/mol. The quantitative estimate of drug-likeness (QED) is 0.612. The van der Waals surface area contributed by atoms with E-state index in [0.29, 0.717) is 6.42 Å². The highest BCUT2D eigenvalue weighted by atomic mass is 16.2. The number of nitrogens with zero attached hydrogens (tertiary/aromatic N) is 3. The summed E-state index contributed by atoms with van der Waals surface area (Å²) in [5.41, 5.74) is 0. The molecule has 1 saturated heterocycles. The lowest BCUT2D eigenvalue weighted by molar-refractivity contribution is -0.128. The molecule has 1 aliphatic rings. The van der Waals surface area contributed by atoms with Crippen LogP contribution in [0.25, 0.3) is 0 Å². The van der Waals surface area contributed by atoms with Crippen LogP contribution < -0.4 is 0 Å². The topological polar surface area (TPSA) is 38.1 Å². The highest BCUT2D eigenvalue weighted by Gasteiger charge is 2.28. The van der Waals surface area contributed by atoms with E-state index in [1.165, 1.54) is 0 Å². The first kappa shape index (κ1) is 7.34. The summed E-state index contributed by atoms with van der Waals surface area (Å²) < 4.78 is 1.82. The maximum Gasteiger partial charge on any atom is 0.224 e. The van der Waals surface area contributed by atoms with Crippen molar-refractivity contribution in [3.63, 3.8) is 0 Å². The zero-order valence-corrected chi connectivity index (χ0v) is 6.97. The van der Waals surface area contributed by atoms with Crippen LogP contribution in [0.5, 0.6) is 0 Å². The second kappa shape index (κ2) is 2.62. The van der Waals surface area contributed by atoms with E-state index >= 15 is 0 Å². The smallest absolute Gasteiger partial charge is 0.224 e. The Morgan fingerprint density at radius 2 is 2.50 bits per heavy atom. The van der Waals surface area contributed by atoms with Gasteiger partial charge in [0.1, 0.15) is 6.17 Å². The number of amides is 1. The maximum atomic E-state index is 11.2. The van der Waals surface area contributed by atoms with Crippen LogP contribution in [-0.4, -0.2) is 27.6 Å². The fourth-order valence-corrected chi connectivity index (χ4v) is 1.56.